The standard InChI is InChI=1S/C18H26N2O3S/c1-14(2)20-24(22,23)13-17-11-7-6-10-16(17)12-19-18(21)15-8-4-3-5-9-15/h3-4,6-7,10-11,14-15,20H,5,8-9,12-13H2,1-2H3,(H,19,21)/t15-/m0/s1. The van der Waals surface area contributed by atoms with Crippen molar-refractivity contribution in [2.24, 2.45) is 5.92 Å². The summed E-state index contributed by atoms with van der Waals surface area (Å²) in [5.74, 6) is -0.0190. The largest absolute Gasteiger partial charge is 0.352 e. The molecule has 1 aliphatic carbocycles. The lowest BCUT2D eigenvalue weighted by molar-refractivity contribution is -0.125. The Balaban J connectivity index is 2.01. The minimum absolute atomic E-state index is 0.0218. The molecule has 1 amide bonds. The van der Waals surface area contributed by atoms with Crippen LogP contribution in [-0.2, 0) is 27.1 Å². The van der Waals surface area contributed by atoms with E-state index in [1.807, 2.05) is 24.3 Å². The Morgan fingerprint density at radius 1 is 1.21 bits per heavy atom. The number of rotatable bonds is 7. The van der Waals surface area contributed by atoms with Crippen LogP contribution in [0.2, 0.25) is 0 Å². The number of allylic oxidation sites excluding steroid dienone is 2. The normalized spacial score (nSPS) is 17.9. The zero-order chi connectivity index (χ0) is 17.6. The van der Waals surface area contributed by atoms with E-state index in [0.29, 0.717) is 6.54 Å². The van der Waals surface area contributed by atoms with Gasteiger partial charge in [-0.25, -0.2) is 13.1 Å². The molecule has 1 aromatic carbocycles. The highest BCUT2D eigenvalue weighted by Crippen LogP contribution is 2.19. The Morgan fingerprint density at radius 3 is 2.54 bits per heavy atom. The van der Waals surface area contributed by atoms with Gasteiger partial charge in [0.15, 0.2) is 0 Å². The van der Waals surface area contributed by atoms with Crippen LogP contribution in [0.3, 0.4) is 0 Å². The van der Waals surface area contributed by atoms with Crippen LogP contribution in [-0.4, -0.2) is 20.4 Å². The van der Waals surface area contributed by atoms with Crippen LogP contribution in [0.1, 0.15) is 44.2 Å². The lowest BCUT2D eigenvalue weighted by Gasteiger charge is -2.18. The molecule has 132 valence electrons. The maximum absolute atomic E-state index is 12.2. The summed E-state index contributed by atoms with van der Waals surface area (Å²) < 4.78 is 26.9. The zero-order valence-electron chi connectivity index (χ0n) is 14.3. The van der Waals surface area contributed by atoms with Crippen LogP contribution in [0.4, 0.5) is 0 Å². The molecular weight excluding hydrogens is 324 g/mol. The third-order valence-corrected chi connectivity index (χ3v) is 5.49. The Labute approximate surface area is 144 Å². The van der Waals surface area contributed by atoms with E-state index >= 15 is 0 Å². The lowest BCUT2D eigenvalue weighted by atomic mass is 9.93. The Kier molecular flexibility index (Phi) is 6.57. The molecule has 2 N–H and O–H groups in total. The summed E-state index contributed by atoms with van der Waals surface area (Å²) in [6.45, 7) is 3.94. The molecule has 0 radical (unpaired) electrons. The Hall–Kier alpha value is -1.66. The third kappa shape index (κ3) is 5.76. The van der Waals surface area contributed by atoms with E-state index in [-0.39, 0.29) is 23.6 Å². The minimum atomic E-state index is -3.39. The molecule has 2 rings (SSSR count). The van der Waals surface area contributed by atoms with E-state index < -0.39 is 10.0 Å². The van der Waals surface area contributed by atoms with Crippen molar-refractivity contribution < 1.29 is 13.2 Å². The number of hydrogen-bond acceptors (Lipinski definition) is 3. The molecule has 0 aliphatic heterocycles. The van der Waals surface area contributed by atoms with Crippen molar-refractivity contribution in [1.29, 1.82) is 0 Å². The topological polar surface area (TPSA) is 75.3 Å². The van der Waals surface area contributed by atoms with Crippen molar-refractivity contribution in [3.8, 4) is 0 Å². The smallest absolute Gasteiger partial charge is 0.223 e. The first kappa shape index (κ1) is 18.7. The molecule has 1 aliphatic rings. The predicted molar refractivity (Wildman–Crippen MR) is 95.7 cm³/mol. The number of carbonyl (C=O) groups is 1. The molecule has 1 aromatic rings. The number of benzene rings is 1. The fourth-order valence-electron chi connectivity index (χ4n) is 2.83. The summed E-state index contributed by atoms with van der Waals surface area (Å²) in [4.78, 5) is 12.2. The van der Waals surface area contributed by atoms with Gasteiger partial charge in [-0.1, -0.05) is 36.4 Å². The van der Waals surface area contributed by atoms with Gasteiger partial charge in [-0.2, -0.15) is 0 Å². The molecule has 24 heavy (non-hydrogen) atoms. The minimum Gasteiger partial charge on any atom is -0.352 e. The quantitative estimate of drug-likeness (QED) is 0.742. The van der Waals surface area contributed by atoms with Crippen molar-refractivity contribution in [3.63, 3.8) is 0 Å². The molecule has 1 atom stereocenters. The summed E-state index contributed by atoms with van der Waals surface area (Å²) in [6.07, 6.45) is 6.74. The first-order chi connectivity index (χ1) is 11.4. The van der Waals surface area contributed by atoms with E-state index in [4.69, 9.17) is 0 Å². The van der Waals surface area contributed by atoms with Gasteiger partial charge < -0.3 is 5.32 Å². The van der Waals surface area contributed by atoms with Gasteiger partial charge in [0.1, 0.15) is 0 Å². The van der Waals surface area contributed by atoms with Crippen LogP contribution in [0.5, 0.6) is 0 Å². The summed E-state index contributed by atoms with van der Waals surface area (Å²) >= 11 is 0. The van der Waals surface area contributed by atoms with Crippen LogP contribution in [0.15, 0.2) is 36.4 Å². The highest BCUT2D eigenvalue weighted by Gasteiger charge is 2.19. The van der Waals surface area contributed by atoms with E-state index in [1.54, 1.807) is 19.9 Å². The van der Waals surface area contributed by atoms with Crippen LogP contribution >= 0.6 is 0 Å². The van der Waals surface area contributed by atoms with Crippen LogP contribution in [0, 0.1) is 5.92 Å². The average Bonchev–Trinajstić information content (AvgIpc) is 2.53. The van der Waals surface area contributed by atoms with Crippen LogP contribution < -0.4 is 10.0 Å². The summed E-state index contributed by atoms with van der Waals surface area (Å²) in [5.41, 5.74) is 1.56. The fraction of sp³-hybridized carbons (Fsp3) is 0.500. The fourth-order valence-corrected chi connectivity index (χ4v) is 4.33. The van der Waals surface area contributed by atoms with Gasteiger partial charge in [-0.05, 0) is 44.2 Å². The van der Waals surface area contributed by atoms with Gasteiger partial charge in [0.25, 0.3) is 0 Å². The molecule has 0 unspecified atom stereocenters. The first-order valence-corrected chi connectivity index (χ1v) is 10.0. The average molecular weight is 350 g/mol. The van der Waals surface area contributed by atoms with Gasteiger partial charge in [-0.15, -0.1) is 0 Å². The number of amides is 1. The molecule has 5 nitrogen and oxygen atoms in total. The van der Waals surface area contributed by atoms with Gasteiger partial charge in [0.05, 0.1) is 5.75 Å². The van der Waals surface area contributed by atoms with E-state index in [0.717, 1.165) is 30.4 Å². The third-order valence-electron chi connectivity index (χ3n) is 3.97. The molecule has 0 aromatic heterocycles. The van der Waals surface area contributed by atoms with E-state index in [9.17, 15) is 13.2 Å². The van der Waals surface area contributed by atoms with Crippen molar-refractivity contribution in [2.45, 2.75) is 51.4 Å². The zero-order valence-corrected chi connectivity index (χ0v) is 15.1. The van der Waals surface area contributed by atoms with Gasteiger partial charge in [0, 0.05) is 18.5 Å². The van der Waals surface area contributed by atoms with Crippen molar-refractivity contribution >= 4 is 15.9 Å². The second-order valence-corrected chi connectivity index (χ2v) is 8.25. The van der Waals surface area contributed by atoms with E-state index in [1.165, 1.54) is 0 Å². The van der Waals surface area contributed by atoms with Crippen molar-refractivity contribution in [1.82, 2.24) is 10.0 Å². The number of sulfonamides is 1. The maximum atomic E-state index is 12.2. The van der Waals surface area contributed by atoms with Crippen molar-refractivity contribution in [3.05, 3.63) is 47.5 Å². The summed E-state index contributed by atoms with van der Waals surface area (Å²) in [6, 6.07) is 7.20. The molecule has 0 saturated carbocycles. The van der Waals surface area contributed by atoms with Gasteiger partial charge in [-0.3, -0.25) is 4.79 Å². The van der Waals surface area contributed by atoms with Crippen molar-refractivity contribution in [2.75, 3.05) is 0 Å². The van der Waals surface area contributed by atoms with E-state index in [2.05, 4.69) is 16.1 Å². The Bertz CT molecular complexity index is 696. The van der Waals surface area contributed by atoms with Crippen LogP contribution in [0.25, 0.3) is 0 Å². The number of hydrogen-bond donors (Lipinski definition) is 2. The second-order valence-electron chi connectivity index (χ2n) is 6.50. The maximum Gasteiger partial charge on any atom is 0.223 e. The Morgan fingerprint density at radius 2 is 1.92 bits per heavy atom. The lowest BCUT2D eigenvalue weighted by Crippen LogP contribution is -2.33. The number of carbonyl (C=O) groups excluding carboxylic acids is 1. The summed E-state index contributed by atoms with van der Waals surface area (Å²) in [7, 11) is -3.39. The SMILES string of the molecule is CC(C)NS(=O)(=O)Cc1ccccc1CNC(=O)[C@H]1CC=CCC1. The monoisotopic (exact) mass is 350 g/mol. The molecule has 0 bridgehead atoms. The highest BCUT2D eigenvalue weighted by molar-refractivity contribution is 7.88. The molecular formula is C18H26N2O3S. The number of nitrogens with one attached hydrogen (secondary N) is 2. The first-order valence-electron chi connectivity index (χ1n) is 8.37. The summed E-state index contributed by atoms with van der Waals surface area (Å²) in [5, 5.41) is 2.95. The molecule has 0 fully saturated rings. The van der Waals surface area contributed by atoms with Gasteiger partial charge >= 0.3 is 0 Å². The molecule has 6 heteroatoms. The highest BCUT2D eigenvalue weighted by atomic mass is 32.2. The molecule has 0 heterocycles. The predicted octanol–water partition coefficient (Wildman–Crippen LogP) is 2.49. The molecule has 0 saturated heterocycles. The molecule has 0 spiro atoms. The van der Waals surface area contributed by atoms with Gasteiger partial charge in [0.2, 0.25) is 15.9 Å². The second kappa shape index (κ2) is 8.44.